The summed E-state index contributed by atoms with van der Waals surface area (Å²) in [5, 5.41) is 0. The number of hydrogen-bond donors (Lipinski definition) is 0. The van der Waals surface area contributed by atoms with Crippen molar-refractivity contribution in [3.8, 4) is 11.1 Å². The van der Waals surface area contributed by atoms with E-state index < -0.39 is 5.60 Å². The molecule has 2 amide bonds. The van der Waals surface area contributed by atoms with Gasteiger partial charge >= 0.3 is 0 Å². The number of nitrogens with zero attached hydrogens (tertiary/aromatic N) is 3. The van der Waals surface area contributed by atoms with Gasteiger partial charge in [-0.2, -0.15) is 0 Å². The fraction of sp³-hybridized carbons (Fsp3) is 0.409. The van der Waals surface area contributed by atoms with E-state index >= 15 is 0 Å². The van der Waals surface area contributed by atoms with Crippen molar-refractivity contribution < 1.29 is 14.3 Å². The molecular formula is C22H27N3O3. The van der Waals surface area contributed by atoms with Gasteiger partial charge in [-0.25, -0.2) is 0 Å². The van der Waals surface area contributed by atoms with E-state index in [2.05, 4.69) is 4.98 Å². The minimum atomic E-state index is -1.05. The molecule has 0 spiro atoms. The third-order valence-electron chi connectivity index (χ3n) is 5.09. The van der Waals surface area contributed by atoms with Gasteiger partial charge in [-0.1, -0.05) is 31.2 Å². The third-order valence-corrected chi connectivity index (χ3v) is 5.09. The zero-order valence-electron chi connectivity index (χ0n) is 16.7. The molecule has 0 radical (unpaired) electrons. The molecule has 0 saturated carbocycles. The number of likely N-dealkylation sites (N-methyl/N-ethyl adjacent to an activating group) is 1. The van der Waals surface area contributed by atoms with Crippen molar-refractivity contribution in [1.29, 1.82) is 0 Å². The van der Waals surface area contributed by atoms with Gasteiger partial charge in [0, 0.05) is 45.9 Å². The molecule has 3 rings (SSSR count). The topological polar surface area (TPSA) is 62.7 Å². The van der Waals surface area contributed by atoms with Crippen LogP contribution in [0.2, 0.25) is 0 Å². The van der Waals surface area contributed by atoms with Gasteiger partial charge in [-0.05, 0) is 28.8 Å². The zero-order valence-corrected chi connectivity index (χ0v) is 16.7. The molecule has 1 aliphatic heterocycles. The number of carbonyl (C=O) groups is 2. The van der Waals surface area contributed by atoms with E-state index in [1.807, 2.05) is 43.3 Å². The Morgan fingerprint density at radius 2 is 1.75 bits per heavy atom. The first kappa shape index (κ1) is 20.0. The number of ether oxygens (including phenoxy) is 1. The van der Waals surface area contributed by atoms with E-state index in [0.717, 1.165) is 16.7 Å². The predicted molar refractivity (Wildman–Crippen MR) is 108 cm³/mol. The van der Waals surface area contributed by atoms with E-state index in [1.165, 1.54) is 0 Å². The van der Waals surface area contributed by atoms with Crippen molar-refractivity contribution in [3.63, 3.8) is 0 Å². The Morgan fingerprint density at radius 1 is 1.11 bits per heavy atom. The molecule has 28 heavy (non-hydrogen) atoms. The van der Waals surface area contributed by atoms with Crippen LogP contribution in [0.4, 0.5) is 0 Å². The Morgan fingerprint density at radius 3 is 2.36 bits per heavy atom. The van der Waals surface area contributed by atoms with Crippen LogP contribution in [0.25, 0.3) is 11.1 Å². The summed E-state index contributed by atoms with van der Waals surface area (Å²) in [4.78, 5) is 32.6. The number of hydrogen-bond acceptors (Lipinski definition) is 4. The van der Waals surface area contributed by atoms with Crippen LogP contribution in [0.15, 0.2) is 48.8 Å². The Hall–Kier alpha value is -2.73. The molecule has 1 saturated heterocycles. The molecule has 6 heteroatoms. The number of amides is 2. The minimum absolute atomic E-state index is 0.0484. The average molecular weight is 381 g/mol. The maximum absolute atomic E-state index is 13.0. The van der Waals surface area contributed by atoms with Gasteiger partial charge in [-0.15, -0.1) is 0 Å². The first-order valence-corrected chi connectivity index (χ1v) is 9.58. The number of carbonyl (C=O) groups excluding carboxylic acids is 2. The number of benzene rings is 1. The fourth-order valence-corrected chi connectivity index (χ4v) is 3.63. The van der Waals surface area contributed by atoms with Gasteiger partial charge in [0.05, 0.1) is 13.2 Å². The summed E-state index contributed by atoms with van der Waals surface area (Å²) < 4.78 is 6.04. The molecule has 1 aliphatic rings. The van der Waals surface area contributed by atoms with Crippen LogP contribution in [0.5, 0.6) is 0 Å². The highest BCUT2D eigenvalue weighted by Crippen LogP contribution is 2.27. The summed E-state index contributed by atoms with van der Waals surface area (Å²) in [6, 6.07) is 12.0. The summed E-state index contributed by atoms with van der Waals surface area (Å²) in [6.45, 7) is 3.00. The molecule has 1 fully saturated rings. The van der Waals surface area contributed by atoms with E-state index in [4.69, 9.17) is 4.74 Å². The normalized spacial score (nSPS) is 19.3. The Balaban J connectivity index is 1.86. The van der Waals surface area contributed by atoms with Crippen LogP contribution in [0, 0.1) is 0 Å². The monoisotopic (exact) mass is 381 g/mol. The Kier molecular flexibility index (Phi) is 6.09. The van der Waals surface area contributed by atoms with Gasteiger partial charge in [0.15, 0.2) is 5.60 Å². The Bertz CT molecular complexity index is 821. The number of aromatic nitrogens is 1. The average Bonchev–Trinajstić information content (AvgIpc) is 2.73. The van der Waals surface area contributed by atoms with Crippen LogP contribution >= 0.6 is 0 Å². The highest BCUT2D eigenvalue weighted by molar-refractivity contribution is 5.87. The summed E-state index contributed by atoms with van der Waals surface area (Å²) in [5.41, 5.74) is 2.13. The van der Waals surface area contributed by atoms with Gasteiger partial charge in [0.2, 0.25) is 5.91 Å². The van der Waals surface area contributed by atoms with Crippen molar-refractivity contribution in [1.82, 2.24) is 14.8 Å². The van der Waals surface area contributed by atoms with E-state index in [1.54, 1.807) is 36.3 Å². The molecular weight excluding hydrogens is 354 g/mol. The number of morpholine rings is 1. The number of pyridine rings is 1. The first-order chi connectivity index (χ1) is 13.4. The summed E-state index contributed by atoms with van der Waals surface area (Å²) in [7, 11) is 3.45. The molecule has 0 unspecified atom stereocenters. The van der Waals surface area contributed by atoms with Crippen LogP contribution in [0.1, 0.15) is 18.9 Å². The quantitative estimate of drug-likeness (QED) is 0.798. The lowest BCUT2D eigenvalue weighted by atomic mass is 9.90. The van der Waals surface area contributed by atoms with Crippen LogP contribution in [-0.2, 0) is 20.7 Å². The second kappa shape index (κ2) is 8.52. The van der Waals surface area contributed by atoms with Crippen molar-refractivity contribution in [2.24, 2.45) is 0 Å². The van der Waals surface area contributed by atoms with Gasteiger partial charge in [0.25, 0.3) is 5.91 Å². The molecule has 6 nitrogen and oxygen atoms in total. The molecule has 0 N–H and O–H groups in total. The maximum atomic E-state index is 13.0. The van der Waals surface area contributed by atoms with Crippen LogP contribution < -0.4 is 0 Å². The third kappa shape index (κ3) is 4.22. The van der Waals surface area contributed by atoms with Gasteiger partial charge < -0.3 is 14.5 Å². The lowest BCUT2D eigenvalue weighted by Gasteiger charge is -2.42. The fourth-order valence-electron chi connectivity index (χ4n) is 3.63. The van der Waals surface area contributed by atoms with Crippen molar-refractivity contribution in [2.75, 3.05) is 33.8 Å². The van der Waals surface area contributed by atoms with Crippen molar-refractivity contribution in [3.05, 3.63) is 54.4 Å². The SMILES string of the molecule is CCC(=O)N1CCO[C@](Cc2ccc(-c3ccncc3)cc2)(C(=O)N(C)C)C1. The molecule has 2 aromatic rings. The number of rotatable bonds is 5. The maximum Gasteiger partial charge on any atom is 0.256 e. The van der Waals surface area contributed by atoms with Crippen LogP contribution in [0.3, 0.4) is 0 Å². The second-order valence-corrected chi connectivity index (χ2v) is 7.32. The lowest BCUT2D eigenvalue weighted by molar-refractivity contribution is -0.172. The second-order valence-electron chi connectivity index (χ2n) is 7.32. The first-order valence-electron chi connectivity index (χ1n) is 9.58. The Labute approximate surface area is 166 Å². The summed E-state index contributed by atoms with van der Waals surface area (Å²) >= 11 is 0. The van der Waals surface area contributed by atoms with Crippen molar-refractivity contribution in [2.45, 2.75) is 25.4 Å². The van der Waals surface area contributed by atoms with Gasteiger partial charge in [-0.3, -0.25) is 14.6 Å². The summed E-state index contributed by atoms with van der Waals surface area (Å²) in [6.07, 6.45) is 4.38. The molecule has 1 atom stereocenters. The zero-order chi connectivity index (χ0) is 20.1. The van der Waals surface area contributed by atoms with Crippen LogP contribution in [-0.4, -0.2) is 66.0 Å². The van der Waals surface area contributed by atoms with E-state index in [0.29, 0.717) is 26.0 Å². The largest absolute Gasteiger partial charge is 0.361 e. The minimum Gasteiger partial charge on any atom is -0.361 e. The van der Waals surface area contributed by atoms with Gasteiger partial charge in [0.1, 0.15) is 0 Å². The highest BCUT2D eigenvalue weighted by Gasteiger charge is 2.45. The standard InChI is InChI=1S/C22H27N3O3/c1-4-20(26)25-13-14-28-22(16-25,21(27)24(2)3)15-17-5-7-18(8-6-17)19-9-11-23-12-10-19/h5-12H,4,13-16H2,1-3H3/t22-/m0/s1. The molecule has 0 bridgehead atoms. The molecule has 1 aromatic heterocycles. The summed E-state index contributed by atoms with van der Waals surface area (Å²) in [5.74, 6) is -0.0634. The molecule has 2 heterocycles. The molecule has 0 aliphatic carbocycles. The van der Waals surface area contributed by atoms with E-state index in [-0.39, 0.29) is 18.4 Å². The smallest absolute Gasteiger partial charge is 0.256 e. The molecule has 148 valence electrons. The highest BCUT2D eigenvalue weighted by atomic mass is 16.5. The predicted octanol–water partition coefficient (Wildman–Crippen LogP) is 2.39. The molecule has 1 aromatic carbocycles. The van der Waals surface area contributed by atoms with Crippen molar-refractivity contribution >= 4 is 11.8 Å². The van der Waals surface area contributed by atoms with E-state index in [9.17, 15) is 9.59 Å². The lowest BCUT2D eigenvalue weighted by Crippen LogP contribution is -2.61.